The molecule has 0 fully saturated rings. The molecule has 0 aliphatic rings. The zero-order valence-electron chi connectivity index (χ0n) is 10.6. The molecular formula is C10H20NaO5S+. The van der Waals surface area contributed by atoms with E-state index in [1.54, 1.807) is 0 Å². The third-order valence-electron chi connectivity index (χ3n) is 2.45. The summed E-state index contributed by atoms with van der Waals surface area (Å²) in [6.45, 7) is 2.10. The molecule has 0 saturated carbocycles. The van der Waals surface area contributed by atoms with Gasteiger partial charge in [0.1, 0.15) is 0 Å². The van der Waals surface area contributed by atoms with Gasteiger partial charge in [-0.2, -0.15) is 8.42 Å². The molecule has 0 amide bonds. The van der Waals surface area contributed by atoms with Crippen LogP contribution in [0.4, 0.5) is 0 Å². The number of carboxylic acid groups (broad SMARTS) is 1. The molecule has 0 bridgehead atoms. The largest absolute Gasteiger partial charge is 1.00 e. The number of hydrogen-bond donors (Lipinski definition) is 2. The van der Waals surface area contributed by atoms with Crippen LogP contribution in [0.2, 0.25) is 0 Å². The summed E-state index contributed by atoms with van der Waals surface area (Å²) in [7, 11) is -4.46. The SMILES string of the molecule is CCCCCCCCC(C(=O)O)S(=O)(=O)O.[Na+]. The first kappa shape index (κ1) is 19.7. The molecule has 0 aromatic carbocycles. The predicted molar refractivity (Wildman–Crippen MR) is 61.0 cm³/mol. The zero-order valence-corrected chi connectivity index (χ0v) is 13.4. The average molecular weight is 275 g/mol. The molecule has 0 rings (SSSR count). The molecule has 0 aromatic rings. The van der Waals surface area contributed by atoms with Crippen LogP contribution < -0.4 is 29.6 Å². The summed E-state index contributed by atoms with van der Waals surface area (Å²) in [5.74, 6) is -1.48. The fraction of sp³-hybridized carbons (Fsp3) is 0.900. The summed E-state index contributed by atoms with van der Waals surface area (Å²) in [6, 6.07) is 0. The first-order chi connectivity index (χ1) is 7.39. The van der Waals surface area contributed by atoms with Crippen LogP contribution in [-0.4, -0.2) is 29.3 Å². The third kappa shape index (κ3) is 10.0. The van der Waals surface area contributed by atoms with Crippen molar-refractivity contribution in [2.75, 3.05) is 0 Å². The normalized spacial score (nSPS) is 12.8. The monoisotopic (exact) mass is 275 g/mol. The van der Waals surface area contributed by atoms with E-state index in [0.717, 1.165) is 32.1 Å². The van der Waals surface area contributed by atoms with Crippen LogP contribution >= 0.6 is 0 Å². The van der Waals surface area contributed by atoms with E-state index in [4.69, 9.17) is 9.66 Å². The minimum Gasteiger partial charge on any atom is -0.480 e. The molecule has 1 atom stereocenters. The number of hydrogen-bond acceptors (Lipinski definition) is 3. The molecule has 0 aliphatic carbocycles. The predicted octanol–water partition coefficient (Wildman–Crippen LogP) is -0.918. The van der Waals surface area contributed by atoms with Crippen LogP contribution in [0, 0.1) is 0 Å². The van der Waals surface area contributed by atoms with E-state index in [9.17, 15) is 13.2 Å². The van der Waals surface area contributed by atoms with Crippen LogP contribution in [-0.2, 0) is 14.9 Å². The summed E-state index contributed by atoms with van der Waals surface area (Å²) in [4.78, 5) is 10.6. The van der Waals surface area contributed by atoms with Crippen LogP contribution in [0.25, 0.3) is 0 Å². The first-order valence-corrected chi connectivity index (χ1v) is 7.09. The van der Waals surface area contributed by atoms with Gasteiger partial charge in [0.2, 0.25) is 0 Å². The molecule has 0 radical (unpaired) electrons. The molecule has 0 aliphatic heterocycles. The minimum absolute atomic E-state index is 0. The van der Waals surface area contributed by atoms with E-state index in [1.807, 2.05) is 0 Å². The van der Waals surface area contributed by atoms with E-state index < -0.39 is 21.3 Å². The van der Waals surface area contributed by atoms with Crippen molar-refractivity contribution in [3.05, 3.63) is 0 Å². The summed E-state index contributed by atoms with van der Waals surface area (Å²) in [5, 5.41) is 6.94. The summed E-state index contributed by atoms with van der Waals surface area (Å²) in [5.41, 5.74) is 0. The Morgan fingerprint density at radius 2 is 1.59 bits per heavy atom. The average Bonchev–Trinajstić information content (AvgIpc) is 2.13. The maximum Gasteiger partial charge on any atom is 1.00 e. The number of unbranched alkanes of at least 4 members (excludes halogenated alkanes) is 5. The maximum absolute atomic E-state index is 10.7. The Bertz CT molecular complexity index is 302. The van der Waals surface area contributed by atoms with Crippen molar-refractivity contribution in [1.29, 1.82) is 0 Å². The second-order valence-corrected chi connectivity index (χ2v) is 5.50. The third-order valence-corrected chi connectivity index (χ3v) is 3.61. The number of carbonyl (C=O) groups is 1. The van der Waals surface area contributed by atoms with Crippen LogP contribution in [0.5, 0.6) is 0 Å². The standard InChI is InChI=1S/C10H20O5S.Na/c1-2-3-4-5-6-7-8-9(10(11)12)16(13,14)15;/h9H,2-8H2,1H3,(H,11,12)(H,13,14,15);/q;+1. The molecule has 0 aromatic heterocycles. The Hall–Kier alpha value is 0.380. The van der Waals surface area contributed by atoms with Gasteiger partial charge in [-0.15, -0.1) is 0 Å². The Morgan fingerprint density at radius 1 is 1.12 bits per heavy atom. The van der Waals surface area contributed by atoms with Crippen molar-refractivity contribution in [1.82, 2.24) is 0 Å². The number of carboxylic acids is 1. The summed E-state index contributed by atoms with van der Waals surface area (Å²) >= 11 is 0. The maximum atomic E-state index is 10.7. The van der Waals surface area contributed by atoms with E-state index in [2.05, 4.69) is 6.92 Å². The molecule has 7 heteroatoms. The first-order valence-electron chi connectivity index (χ1n) is 5.58. The Labute approximate surface area is 125 Å². The Kier molecular flexibility index (Phi) is 12.0. The van der Waals surface area contributed by atoms with Crippen LogP contribution in [0.3, 0.4) is 0 Å². The van der Waals surface area contributed by atoms with Gasteiger partial charge in [-0.1, -0.05) is 45.4 Å². The molecule has 17 heavy (non-hydrogen) atoms. The van der Waals surface area contributed by atoms with Crippen molar-refractivity contribution in [2.24, 2.45) is 0 Å². The van der Waals surface area contributed by atoms with Crippen molar-refractivity contribution in [2.45, 2.75) is 57.1 Å². The Morgan fingerprint density at radius 3 is 2.00 bits per heavy atom. The quantitative estimate of drug-likeness (QED) is 0.323. The van der Waals surface area contributed by atoms with Gasteiger partial charge >= 0.3 is 35.5 Å². The van der Waals surface area contributed by atoms with Crippen molar-refractivity contribution >= 4 is 16.1 Å². The van der Waals surface area contributed by atoms with Gasteiger partial charge in [-0.25, -0.2) is 0 Å². The van der Waals surface area contributed by atoms with Gasteiger partial charge < -0.3 is 5.11 Å². The topological polar surface area (TPSA) is 91.7 Å². The summed E-state index contributed by atoms with van der Waals surface area (Å²) < 4.78 is 30.1. The van der Waals surface area contributed by atoms with Gasteiger partial charge in [-0.3, -0.25) is 9.35 Å². The van der Waals surface area contributed by atoms with Crippen LogP contribution in [0.1, 0.15) is 51.9 Å². The fourth-order valence-electron chi connectivity index (χ4n) is 1.51. The zero-order chi connectivity index (χ0) is 12.6. The molecule has 2 N–H and O–H groups in total. The van der Waals surface area contributed by atoms with E-state index >= 15 is 0 Å². The molecule has 0 spiro atoms. The van der Waals surface area contributed by atoms with Crippen molar-refractivity contribution < 1.29 is 52.4 Å². The number of rotatable bonds is 9. The molecule has 1 unspecified atom stereocenters. The molecule has 0 saturated heterocycles. The number of aliphatic carboxylic acids is 1. The molecule has 5 nitrogen and oxygen atoms in total. The smallest absolute Gasteiger partial charge is 0.480 e. The Balaban J connectivity index is 0. The van der Waals surface area contributed by atoms with Crippen molar-refractivity contribution in [3.63, 3.8) is 0 Å². The molecule has 0 heterocycles. The van der Waals surface area contributed by atoms with Gasteiger partial charge in [-0.05, 0) is 6.42 Å². The second-order valence-electron chi connectivity index (χ2n) is 3.90. The minimum atomic E-state index is -4.46. The van der Waals surface area contributed by atoms with Gasteiger partial charge in [0.15, 0.2) is 5.25 Å². The molecule has 96 valence electrons. The molecular weight excluding hydrogens is 255 g/mol. The second kappa shape index (κ2) is 10.3. The van der Waals surface area contributed by atoms with Crippen molar-refractivity contribution in [3.8, 4) is 0 Å². The van der Waals surface area contributed by atoms with E-state index in [0.29, 0.717) is 6.42 Å². The van der Waals surface area contributed by atoms with Gasteiger partial charge in [0.05, 0.1) is 0 Å². The van der Waals surface area contributed by atoms with Gasteiger partial charge in [0, 0.05) is 0 Å². The van der Waals surface area contributed by atoms with E-state index in [-0.39, 0.29) is 36.0 Å². The van der Waals surface area contributed by atoms with Gasteiger partial charge in [0.25, 0.3) is 10.1 Å². The fourth-order valence-corrected chi connectivity index (χ4v) is 2.23. The summed E-state index contributed by atoms with van der Waals surface area (Å²) in [6.07, 6.45) is 5.63. The van der Waals surface area contributed by atoms with Crippen LogP contribution in [0.15, 0.2) is 0 Å². The van der Waals surface area contributed by atoms with E-state index in [1.165, 1.54) is 0 Å².